The van der Waals surface area contributed by atoms with Crippen molar-refractivity contribution in [1.82, 2.24) is 0 Å². The Labute approximate surface area is 75.6 Å². The molecule has 0 amide bonds. The minimum atomic E-state index is -0.548. The minimum absolute atomic E-state index is 0.0718. The highest BCUT2D eigenvalue weighted by atomic mass is 19.1. The van der Waals surface area contributed by atoms with E-state index >= 15 is 0 Å². The first kappa shape index (κ1) is 9.80. The van der Waals surface area contributed by atoms with Gasteiger partial charge in [0.1, 0.15) is 5.82 Å². The molecule has 4 N–H and O–H groups in total. The van der Waals surface area contributed by atoms with E-state index in [2.05, 4.69) is 0 Å². The first-order chi connectivity index (χ1) is 6.07. The van der Waals surface area contributed by atoms with E-state index in [0.717, 1.165) is 12.1 Å². The monoisotopic (exact) mass is 185 g/mol. The molecule has 1 atom stereocenters. The van der Waals surface area contributed by atoms with Crippen molar-refractivity contribution in [2.24, 2.45) is 5.73 Å². The van der Waals surface area contributed by atoms with E-state index in [1.807, 2.05) is 0 Å². The van der Waals surface area contributed by atoms with E-state index < -0.39 is 11.6 Å². The summed E-state index contributed by atoms with van der Waals surface area (Å²) in [6, 6.07) is 2.22. The van der Waals surface area contributed by atoms with Gasteiger partial charge in [-0.3, -0.25) is 0 Å². The van der Waals surface area contributed by atoms with Crippen molar-refractivity contribution in [3.8, 4) is 11.5 Å². The Bertz CT molecular complexity index is 315. The molecule has 0 heterocycles. The summed E-state index contributed by atoms with van der Waals surface area (Å²) in [6.45, 7) is 1.89. The fraction of sp³-hybridized carbons (Fsp3) is 0.333. The van der Waals surface area contributed by atoms with Crippen molar-refractivity contribution < 1.29 is 14.6 Å². The number of rotatable bonds is 2. The van der Waals surface area contributed by atoms with Crippen LogP contribution in [0.3, 0.4) is 0 Å². The molecule has 0 aliphatic carbocycles. The van der Waals surface area contributed by atoms with Crippen LogP contribution in [0, 0.1) is 5.82 Å². The molecule has 0 saturated carbocycles. The number of phenols is 2. The van der Waals surface area contributed by atoms with Crippen LogP contribution < -0.4 is 5.73 Å². The Morgan fingerprint density at radius 1 is 1.46 bits per heavy atom. The molecule has 72 valence electrons. The van der Waals surface area contributed by atoms with Crippen LogP contribution >= 0.6 is 0 Å². The molecule has 4 heteroatoms. The molecule has 0 fully saturated rings. The number of aromatic hydroxyl groups is 2. The van der Waals surface area contributed by atoms with Gasteiger partial charge >= 0.3 is 0 Å². The van der Waals surface area contributed by atoms with Gasteiger partial charge in [0, 0.05) is 11.5 Å². The maximum Gasteiger partial charge on any atom is 0.163 e. The molecule has 13 heavy (non-hydrogen) atoms. The van der Waals surface area contributed by atoms with E-state index in [4.69, 9.17) is 10.8 Å². The standard InChI is InChI=1S/C9H12FNO2/c1-5(4-11)8-6(10)2-3-7(12)9(8)13/h2-3,5,12-13H,4,11H2,1H3. The third kappa shape index (κ3) is 1.72. The quantitative estimate of drug-likeness (QED) is 0.608. The van der Waals surface area contributed by atoms with Gasteiger partial charge in [-0.2, -0.15) is 0 Å². The van der Waals surface area contributed by atoms with Crippen LogP contribution in [0.2, 0.25) is 0 Å². The summed E-state index contributed by atoms with van der Waals surface area (Å²) in [5, 5.41) is 18.4. The van der Waals surface area contributed by atoms with Crippen LogP contribution in [0.4, 0.5) is 4.39 Å². The molecule has 0 aliphatic rings. The number of benzene rings is 1. The molecular formula is C9H12FNO2. The Morgan fingerprint density at radius 3 is 2.62 bits per heavy atom. The Hall–Kier alpha value is -1.29. The smallest absolute Gasteiger partial charge is 0.163 e. The summed E-state index contributed by atoms with van der Waals surface area (Å²) in [4.78, 5) is 0. The highest BCUT2D eigenvalue weighted by Crippen LogP contribution is 2.35. The zero-order valence-corrected chi connectivity index (χ0v) is 7.29. The zero-order chi connectivity index (χ0) is 10.0. The molecule has 3 nitrogen and oxygen atoms in total. The number of nitrogens with two attached hydrogens (primary N) is 1. The largest absolute Gasteiger partial charge is 0.504 e. The van der Waals surface area contributed by atoms with Crippen LogP contribution in [0.15, 0.2) is 12.1 Å². The van der Waals surface area contributed by atoms with Gasteiger partial charge in [0.2, 0.25) is 0 Å². The number of halogens is 1. The highest BCUT2D eigenvalue weighted by Gasteiger charge is 2.17. The Kier molecular flexibility index (Phi) is 2.72. The number of hydrogen-bond donors (Lipinski definition) is 3. The van der Waals surface area contributed by atoms with Crippen molar-refractivity contribution in [1.29, 1.82) is 0 Å². The van der Waals surface area contributed by atoms with Gasteiger partial charge in [-0.15, -0.1) is 0 Å². The second kappa shape index (κ2) is 3.62. The second-order valence-electron chi connectivity index (χ2n) is 2.97. The fourth-order valence-electron chi connectivity index (χ4n) is 1.16. The third-order valence-electron chi connectivity index (χ3n) is 1.99. The van der Waals surface area contributed by atoms with Gasteiger partial charge in [0.05, 0.1) is 0 Å². The maximum absolute atomic E-state index is 13.1. The van der Waals surface area contributed by atoms with Gasteiger partial charge in [0.25, 0.3) is 0 Å². The first-order valence-electron chi connectivity index (χ1n) is 3.98. The van der Waals surface area contributed by atoms with Crippen LogP contribution in [-0.4, -0.2) is 16.8 Å². The predicted octanol–water partition coefficient (Wildman–Crippen LogP) is 1.30. The Morgan fingerprint density at radius 2 is 2.08 bits per heavy atom. The molecular weight excluding hydrogens is 173 g/mol. The lowest BCUT2D eigenvalue weighted by atomic mass is 9.99. The van der Waals surface area contributed by atoms with Crippen molar-refractivity contribution >= 4 is 0 Å². The SMILES string of the molecule is CC(CN)c1c(F)ccc(O)c1O. The summed E-state index contributed by atoms with van der Waals surface area (Å²) in [5.74, 6) is -1.60. The van der Waals surface area contributed by atoms with E-state index in [1.54, 1.807) is 6.92 Å². The number of hydrogen-bond acceptors (Lipinski definition) is 3. The van der Waals surface area contributed by atoms with Crippen molar-refractivity contribution in [2.45, 2.75) is 12.8 Å². The summed E-state index contributed by atoms with van der Waals surface area (Å²) < 4.78 is 13.1. The third-order valence-corrected chi connectivity index (χ3v) is 1.99. The van der Waals surface area contributed by atoms with Gasteiger partial charge in [-0.25, -0.2) is 4.39 Å². The topological polar surface area (TPSA) is 66.5 Å². The van der Waals surface area contributed by atoms with Crippen LogP contribution in [0.25, 0.3) is 0 Å². The molecule has 0 aliphatic heterocycles. The fourth-order valence-corrected chi connectivity index (χ4v) is 1.16. The van der Waals surface area contributed by atoms with Crippen LogP contribution in [0.1, 0.15) is 18.4 Å². The highest BCUT2D eigenvalue weighted by molar-refractivity contribution is 5.46. The summed E-state index contributed by atoms with van der Waals surface area (Å²) in [5.41, 5.74) is 5.40. The molecule has 0 saturated heterocycles. The van der Waals surface area contributed by atoms with E-state index in [-0.39, 0.29) is 23.8 Å². The average molecular weight is 185 g/mol. The van der Waals surface area contributed by atoms with E-state index in [9.17, 15) is 9.50 Å². The summed E-state index contributed by atoms with van der Waals surface area (Å²) in [6.07, 6.45) is 0. The lowest BCUT2D eigenvalue weighted by molar-refractivity contribution is 0.390. The second-order valence-corrected chi connectivity index (χ2v) is 2.97. The number of phenolic OH excluding ortho intramolecular Hbond substituents is 2. The average Bonchev–Trinajstić information content (AvgIpc) is 2.12. The van der Waals surface area contributed by atoms with Crippen LogP contribution in [-0.2, 0) is 0 Å². The van der Waals surface area contributed by atoms with Gasteiger partial charge in [-0.1, -0.05) is 6.92 Å². The molecule has 0 aromatic heterocycles. The molecule has 1 unspecified atom stereocenters. The molecule has 0 spiro atoms. The summed E-state index contributed by atoms with van der Waals surface area (Å²) in [7, 11) is 0. The van der Waals surface area contributed by atoms with E-state index in [1.165, 1.54) is 0 Å². The lowest BCUT2D eigenvalue weighted by Crippen LogP contribution is -2.10. The molecule has 0 bridgehead atoms. The first-order valence-corrected chi connectivity index (χ1v) is 3.98. The Balaban J connectivity index is 3.25. The zero-order valence-electron chi connectivity index (χ0n) is 7.29. The maximum atomic E-state index is 13.1. The van der Waals surface area contributed by atoms with Crippen LogP contribution in [0.5, 0.6) is 11.5 Å². The van der Waals surface area contributed by atoms with Crippen molar-refractivity contribution in [3.63, 3.8) is 0 Å². The molecule has 0 radical (unpaired) electrons. The molecule has 1 aromatic carbocycles. The molecule has 1 aromatic rings. The van der Waals surface area contributed by atoms with Crippen molar-refractivity contribution in [2.75, 3.05) is 6.54 Å². The van der Waals surface area contributed by atoms with Gasteiger partial charge in [0.15, 0.2) is 11.5 Å². The predicted molar refractivity (Wildman–Crippen MR) is 47.2 cm³/mol. The minimum Gasteiger partial charge on any atom is -0.504 e. The normalized spacial score (nSPS) is 12.8. The van der Waals surface area contributed by atoms with Gasteiger partial charge < -0.3 is 15.9 Å². The van der Waals surface area contributed by atoms with E-state index in [0.29, 0.717) is 0 Å². The van der Waals surface area contributed by atoms with Gasteiger partial charge in [-0.05, 0) is 18.7 Å². The molecule has 1 rings (SSSR count). The van der Waals surface area contributed by atoms with Crippen molar-refractivity contribution in [3.05, 3.63) is 23.5 Å². The summed E-state index contributed by atoms with van der Waals surface area (Å²) >= 11 is 0. The lowest BCUT2D eigenvalue weighted by Gasteiger charge is -2.12.